The molecule has 0 saturated carbocycles. The maximum Gasteiger partial charge on any atom is 0.186 e. The van der Waals surface area contributed by atoms with Crippen molar-refractivity contribution in [2.75, 3.05) is 31.2 Å². The Morgan fingerprint density at radius 3 is 3.00 bits per heavy atom. The third kappa shape index (κ3) is 1.87. The highest BCUT2D eigenvalue weighted by Gasteiger charge is 2.41. The summed E-state index contributed by atoms with van der Waals surface area (Å²) in [4.78, 5) is 6.81. The second-order valence-electron chi connectivity index (χ2n) is 5.50. The van der Waals surface area contributed by atoms with Crippen LogP contribution in [-0.2, 0) is 9.47 Å². The number of fused-ring (bicyclic) bond motifs is 1. The standard InChI is InChI=1S/C14H18N4O2/c1-11-9-12-13(15-4-6-18(12)16-11)17-5-2-3-14(10-17)19-7-8-20-14/h4,6,9H,2-3,5,7-8,10H2,1H3. The molecule has 0 aliphatic carbocycles. The van der Waals surface area contributed by atoms with Gasteiger partial charge >= 0.3 is 0 Å². The van der Waals surface area contributed by atoms with Crippen LogP contribution in [0, 0.1) is 6.92 Å². The summed E-state index contributed by atoms with van der Waals surface area (Å²) in [5, 5.41) is 4.45. The van der Waals surface area contributed by atoms with Gasteiger partial charge in [-0.2, -0.15) is 5.10 Å². The lowest BCUT2D eigenvalue weighted by Crippen LogP contribution is -2.49. The molecule has 0 atom stereocenters. The normalized spacial score (nSPS) is 21.9. The Morgan fingerprint density at radius 1 is 1.30 bits per heavy atom. The van der Waals surface area contributed by atoms with Gasteiger partial charge in [-0.05, 0) is 19.4 Å². The first-order chi connectivity index (χ1) is 9.76. The fourth-order valence-corrected chi connectivity index (χ4v) is 3.18. The van der Waals surface area contributed by atoms with E-state index >= 15 is 0 Å². The highest BCUT2D eigenvalue weighted by atomic mass is 16.7. The zero-order valence-corrected chi connectivity index (χ0v) is 11.6. The minimum atomic E-state index is -0.429. The van der Waals surface area contributed by atoms with E-state index in [-0.39, 0.29) is 0 Å². The van der Waals surface area contributed by atoms with Crippen LogP contribution in [0.2, 0.25) is 0 Å². The van der Waals surface area contributed by atoms with E-state index < -0.39 is 5.79 Å². The van der Waals surface area contributed by atoms with Gasteiger partial charge in [-0.25, -0.2) is 9.50 Å². The monoisotopic (exact) mass is 274 g/mol. The van der Waals surface area contributed by atoms with Crippen LogP contribution >= 0.6 is 0 Å². The highest BCUT2D eigenvalue weighted by Crippen LogP contribution is 2.33. The average molecular weight is 274 g/mol. The van der Waals surface area contributed by atoms with Crippen molar-refractivity contribution in [2.45, 2.75) is 25.6 Å². The number of hydrogen-bond acceptors (Lipinski definition) is 5. The van der Waals surface area contributed by atoms with Gasteiger partial charge in [-0.15, -0.1) is 0 Å². The van der Waals surface area contributed by atoms with E-state index in [4.69, 9.17) is 9.47 Å². The molecule has 6 heteroatoms. The molecule has 0 amide bonds. The molecule has 2 fully saturated rings. The van der Waals surface area contributed by atoms with Crippen LogP contribution in [0.15, 0.2) is 18.5 Å². The Kier molecular flexibility index (Phi) is 2.68. The van der Waals surface area contributed by atoms with Gasteiger partial charge in [0.2, 0.25) is 0 Å². The Balaban J connectivity index is 1.71. The number of aromatic nitrogens is 3. The molecule has 2 aromatic heterocycles. The van der Waals surface area contributed by atoms with Crippen molar-refractivity contribution in [3.8, 4) is 0 Å². The third-order valence-corrected chi connectivity index (χ3v) is 4.02. The Morgan fingerprint density at radius 2 is 2.15 bits per heavy atom. The molecule has 0 unspecified atom stereocenters. The fraction of sp³-hybridized carbons (Fsp3) is 0.571. The number of rotatable bonds is 1. The average Bonchev–Trinajstić information content (AvgIpc) is 3.04. The van der Waals surface area contributed by atoms with Crippen LogP contribution in [0.25, 0.3) is 5.52 Å². The molecule has 1 spiro atoms. The van der Waals surface area contributed by atoms with Gasteiger partial charge < -0.3 is 14.4 Å². The fourth-order valence-electron chi connectivity index (χ4n) is 3.18. The van der Waals surface area contributed by atoms with E-state index in [0.717, 1.165) is 43.0 Å². The maximum atomic E-state index is 5.84. The summed E-state index contributed by atoms with van der Waals surface area (Å²) < 4.78 is 13.6. The van der Waals surface area contributed by atoms with Gasteiger partial charge in [0.15, 0.2) is 11.6 Å². The van der Waals surface area contributed by atoms with Crippen LogP contribution in [-0.4, -0.2) is 46.7 Å². The summed E-state index contributed by atoms with van der Waals surface area (Å²) in [5.41, 5.74) is 2.04. The molecule has 4 heterocycles. The van der Waals surface area contributed by atoms with E-state index in [2.05, 4.69) is 21.0 Å². The van der Waals surface area contributed by atoms with Crippen molar-refractivity contribution < 1.29 is 9.47 Å². The first-order valence-corrected chi connectivity index (χ1v) is 7.10. The lowest BCUT2D eigenvalue weighted by atomic mass is 10.0. The van der Waals surface area contributed by atoms with Gasteiger partial charge in [0.25, 0.3) is 0 Å². The van der Waals surface area contributed by atoms with E-state index in [1.807, 2.05) is 17.6 Å². The van der Waals surface area contributed by atoms with Gasteiger partial charge in [0, 0.05) is 25.4 Å². The smallest absolute Gasteiger partial charge is 0.186 e. The van der Waals surface area contributed by atoms with Crippen LogP contribution in [0.1, 0.15) is 18.5 Å². The molecule has 0 bridgehead atoms. The Labute approximate surface area is 117 Å². The summed E-state index contributed by atoms with van der Waals surface area (Å²) >= 11 is 0. The van der Waals surface area contributed by atoms with Crippen molar-refractivity contribution in [3.05, 3.63) is 24.2 Å². The summed E-state index contributed by atoms with van der Waals surface area (Å²) in [6.07, 6.45) is 5.70. The van der Waals surface area contributed by atoms with Crippen molar-refractivity contribution >= 4 is 11.3 Å². The minimum Gasteiger partial charge on any atom is -0.349 e. The number of piperidine rings is 1. The van der Waals surface area contributed by atoms with Gasteiger partial charge in [-0.1, -0.05) is 0 Å². The van der Waals surface area contributed by atoms with E-state index in [1.165, 1.54) is 0 Å². The van der Waals surface area contributed by atoms with Gasteiger partial charge in [0.1, 0.15) is 5.52 Å². The molecular weight excluding hydrogens is 256 g/mol. The second-order valence-corrected chi connectivity index (χ2v) is 5.50. The molecule has 4 rings (SSSR count). The molecular formula is C14H18N4O2. The van der Waals surface area contributed by atoms with Crippen molar-refractivity contribution in [1.82, 2.24) is 14.6 Å². The molecule has 0 N–H and O–H groups in total. The van der Waals surface area contributed by atoms with Crippen LogP contribution in [0.5, 0.6) is 0 Å². The zero-order chi connectivity index (χ0) is 13.6. The quantitative estimate of drug-likeness (QED) is 0.786. The summed E-state index contributed by atoms with van der Waals surface area (Å²) in [6.45, 7) is 5.10. The number of hydrogen-bond donors (Lipinski definition) is 0. The minimum absolute atomic E-state index is 0.429. The largest absolute Gasteiger partial charge is 0.349 e. The molecule has 2 aliphatic heterocycles. The van der Waals surface area contributed by atoms with Crippen LogP contribution in [0.4, 0.5) is 5.82 Å². The Hall–Kier alpha value is -1.66. The molecule has 6 nitrogen and oxygen atoms in total. The first kappa shape index (κ1) is 12.1. The van der Waals surface area contributed by atoms with Crippen molar-refractivity contribution in [3.63, 3.8) is 0 Å². The SMILES string of the molecule is Cc1cc2c(N3CCCC4(C3)OCCO4)nccn2n1. The van der Waals surface area contributed by atoms with E-state index in [0.29, 0.717) is 13.2 Å². The van der Waals surface area contributed by atoms with Crippen LogP contribution in [0.3, 0.4) is 0 Å². The number of aryl methyl sites for hydroxylation is 1. The topological polar surface area (TPSA) is 51.9 Å². The number of ether oxygens (including phenoxy) is 2. The Bertz CT molecular complexity index is 633. The lowest BCUT2D eigenvalue weighted by Gasteiger charge is -2.39. The number of nitrogens with zero attached hydrogens (tertiary/aromatic N) is 4. The van der Waals surface area contributed by atoms with Gasteiger partial charge in [0.05, 0.1) is 25.5 Å². The van der Waals surface area contributed by atoms with E-state index in [1.54, 1.807) is 6.20 Å². The first-order valence-electron chi connectivity index (χ1n) is 7.10. The molecule has 2 saturated heterocycles. The molecule has 106 valence electrons. The van der Waals surface area contributed by atoms with Crippen molar-refractivity contribution in [1.29, 1.82) is 0 Å². The predicted molar refractivity (Wildman–Crippen MR) is 73.8 cm³/mol. The summed E-state index contributed by atoms with van der Waals surface area (Å²) in [5.74, 6) is 0.535. The summed E-state index contributed by atoms with van der Waals surface area (Å²) in [6, 6.07) is 2.07. The molecule has 20 heavy (non-hydrogen) atoms. The third-order valence-electron chi connectivity index (χ3n) is 4.02. The number of anilines is 1. The maximum absolute atomic E-state index is 5.84. The molecule has 2 aliphatic rings. The highest BCUT2D eigenvalue weighted by molar-refractivity contribution is 5.69. The lowest BCUT2D eigenvalue weighted by molar-refractivity contribution is -0.161. The molecule has 2 aromatic rings. The molecule has 0 radical (unpaired) electrons. The van der Waals surface area contributed by atoms with Gasteiger partial charge in [-0.3, -0.25) is 0 Å². The zero-order valence-electron chi connectivity index (χ0n) is 11.6. The van der Waals surface area contributed by atoms with Crippen LogP contribution < -0.4 is 4.90 Å². The predicted octanol–water partition coefficient (Wildman–Crippen LogP) is 1.38. The van der Waals surface area contributed by atoms with E-state index in [9.17, 15) is 0 Å². The molecule has 0 aromatic carbocycles. The van der Waals surface area contributed by atoms with Crippen molar-refractivity contribution in [2.24, 2.45) is 0 Å². The second kappa shape index (κ2) is 4.43. The summed E-state index contributed by atoms with van der Waals surface area (Å²) in [7, 11) is 0.